The number of piperidine rings is 1. The Balaban J connectivity index is 1.60. The minimum Gasteiger partial charge on any atom is -0.444 e. The summed E-state index contributed by atoms with van der Waals surface area (Å²) in [5.74, 6) is 0.635. The maximum atomic E-state index is 12.2. The zero-order chi connectivity index (χ0) is 19.0. The molecule has 0 aromatic heterocycles. The van der Waals surface area contributed by atoms with Crippen LogP contribution in [0.1, 0.15) is 39.2 Å². The molecule has 1 heterocycles. The largest absolute Gasteiger partial charge is 0.444 e. The SMILES string of the molecule is CC(C)(C)OC(=O)NCCNC(=O)N1CCC(Cc2ccccc2)CC1. The Morgan fingerprint density at radius 2 is 1.69 bits per heavy atom. The van der Waals surface area contributed by atoms with Crippen LogP contribution in [0.4, 0.5) is 9.59 Å². The Labute approximate surface area is 156 Å². The van der Waals surface area contributed by atoms with Crippen molar-refractivity contribution in [3.8, 4) is 0 Å². The number of hydrogen-bond acceptors (Lipinski definition) is 3. The van der Waals surface area contributed by atoms with E-state index in [0.717, 1.165) is 32.4 Å². The van der Waals surface area contributed by atoms with E-state index in [4.69, 9.17) is 4.74 Å². The lowest BCUT2D eigenvalue weighted by molar-refractivity contribution is 0.0528. The van der Waals surface area contributed by atoms with Gasteiger partial charge in [0.05, 0.1) is 0 Å². The van der Waals surface area contributed by atoms with Gasteiger partial charge in [0, 0.05) is 26.2 Å². The minimum atomic E-state index is -0.516. The molecule has 0 aliphatic carbocycles. The number of amides is 3. The van der Waals surface area contributed by atoms with Crippen molar-refractivity contribution in [1.29, 1.82) is 0 Å². The molecule has 0 saturated carbocycles. The van der Waals surface area contributed by atoms with Crippen molar-refractivity contribution in [1.82, 2.24) is 15.5 Å². The summed E-state index contributed by atoms with van der Waals surface area (Å²) in [7, 11) is 0. The molecular formula is C20H31N3O3. The van der Waals surface area contributed by atoms with E-state index in [-0.39, 0.29) is 6.03 Å². The number of carbonyl (C=O) groups excluding carboxylic acids is 2. The van der Waals surface area contributed by atoms with Gasteiger partial charge in [-0.3, -0.25) is 0 Å². The van der Waals surface area contributed by atoms with Crippen molar-refractivity contribution in [3.63, 3.8) is 0 Å². The fraction of sp³-hybridized carbons (Fsp3) is 0.600. The molecule has 1 fully saturated rings. The van der Waals surface area contributed by atoms with Crippen LogP contribution in [0.5, 0.6) is 0 Å². The van der Waals surface area contributed by atoms with E-state index in [0.29, 0.717) is 19.0 Å². The number of carbonyl (C=O) groups is 2. The highest BCUT2D eigenvalue weighted by molar-refractivity contribution is 5.74. The smallest absolute Gasteiger partial charge is 0.407 e. The third kappa shape index (κ3) is 7.33. The van der Waals surface area contributed by atoms with Crippen molar-refractivity contribution in [2.45, 2.75) is 45.6 Å². The fourth-order valence-corrected chi connectivity index (χ4v) is 3.05. The molecular weight excluding hydrogens is 330 g/mol. The number of alkyl carbamates (subject to hydrolysis) is 1. The zero-order valence-electron chi connectivity index (χ0n) is 16.1. The quantitative estimate of drug-likeness (QED) is 0.792. The summed E-state index contributed by atoms with van der Waals surface area (Å²) in [5.41, 5.74) is 0.848. The van der Waals surface area contributed by atoms with Gasteiger partial charge in [-0.05, 0) is 51.5 Å². The highest BCUT2D eigenvalue weighted by Gasteiger charge is 2.22. The Hall–Kier alpha value is -2.24. The van der Waals surface area contributed by atoms with E-state index in [9.17, 15) is 9.59 Å². The predicted molar refractivity (Wildman–Crippen MR) is 102 cm³/mol. The van der Waals surface area contributed by atoms with Gasteiger partial charge < -0.3 is 20.3 Å². The zero-order valence-corrected chi connectivity index (χ0v) is 16.1. The van der Waals surface area contributed by atoms with Crippen molar-refractivity contribution in [2.24, 2.45) is 5.92 Å². The molecule has 1 aromatic rings. The van der Waals surface area contributed by atoms with Crippen LogP contribution >= 0.6 is 0 Å². The fourth-order valence-electron chi connectivity index (χ4n) is 3.05. The van der Waals surface area contributed by atoms with Crippen molar-refractivity contribution in [3.05, 3.63) is 35.9 Å². The van der Waals surface area contributed by atoms with E-state index < -0.39 is 11.7 Å². The van der Waals surface area contributed by atoms with E-state index in [1.807, 2.05) is 31.7 Å². The lowest BCUT2D eigenvalue weighted by Gasteiger charge is -2.32. The van der Waals surface area contributed by atoms with Crippen LogP contribution in [0.25, 0.3) is 0 Å². The first-order valence-corrected chi connectivity index (χ1v) is 9.37. The van der Waals surface area contributed by atoms with Gasteiger partial charge in [0.25, 0.3) is 0 Å². The van der Waals surface area contributed by atoms with Gasteiger partial charge in [0.15, 0.2) is 0 Å². The van der Waals surface area contributed by atoms with Gasteiger partial charge in [-0.1, -0.05) is 30.3 Å². The molecule has 2 N–H and O–H groups in total. The molecule has 0 radical (unpaired) electrons. The molecule has 2 rings (SSSR count). The molecule has 0 spiro atoms. The first kappa shape index (κ1) is 20.1. The number of rotatable bonds is 5. The van der Waals surface area contributed by atoms with Crippen LogP contribution < -0.4 is 10.6 Å². The van der Waals surface area contributed by atoms with Crippen LogP contribution in [0.15, 0.2) is 30.3 Å². The van der Waals surface area contributed by atoms with Crippen LogP contribution in [0, 0.1) is 5.92 Å². The van der Waals surface area contributed by atoms with Crippen molar-refractivity contribution < 1.29 is 14.3 Å². The highest BCUT2D eigenvalue weighted by atomic mass is 16.6. The molecule has 3 amide bonds. The molecule has 1 aliphatic rings. The van der Waals surface area contributed by atoms with Gasteiger partial charge in [-0.2, -0.15) is 0 Å². The van der Waals surface area contributed by atoms with Gasteiger partial charge in [-0.25, -0.2) is 9.59 Å². The van der Waals surface area contributed by atoms with Gasteiger partial charge in [0.2, 0.25) is 0 Å². The standard InChI is InChI=1S/C20H31N3O3/c1-20(2,3)26-19(25)22-12-11-21-18(24)23-13-9-17(10-14-23)15-16-7-5-4-6-8-16/h4-8,17H,9-15H2,1-3H3,(H,21,24)(H,22,25). The summed E-state index contributed by atoms with van der Waals surface area (Å²) in [6.07, 6.45) is 2.67. The van der Waals surface area contributed by atoms with E-state index in [1.165, 1.54) is 5.56 Å². The summed E-state index contributed by atoms with van der Waals surface area (Å²) < 4.78 is 5.15. The molecule has 144 valence electrons. The second-order valence-corrected chi connectivity index (χ2v) is 7.78. The molecule has 0 bridgehead atoms. The highest BCUT2D eigenvalue weighted by Crippen LogP contribution is 2.21. The van der Waals surface area contributed by atoms with E-state index in [1.54, 1.807) is 0 Å². The van der Waals surface area contributed by atoms with E-state index >= 15 is 0 Å². The average Bonchev–Trinajstić information content (AvgIpc) is 2.58. The summed E-state index contributed by atoms with van der Waals surface area (Å²) in [6.45, 7) is 7.75. The van der Waals surface area contributed by atoms with Gasteiger partial charge in [-0.15, -0.1) is 0 Å². The monoisotopic (exact) mass is 361 g/mol. The summed E-state index contributed by atoms with van der Waals surface area (Å²) in [5, 5.41) is 5.49. The normalized spacial score (nSPS) is 15.4. The van der Waals surface area contributed by atoms with E-state index in [2.05, 4.69) is 34.9 Å². The van der Waals surface area contributed by atoms with Crippen LogP contribution in [-0.2, 0) is 11.2 Å². The summed E-state index contributed by atoms with van der Waals surface area (Å²) in [6, 6.07) is 10.4. The third-order valence-electron chi connectivity index (χ3n) is 4.34. The molecule has 1 saturated heterocycles. The molecule has 1 aromatic carbocycles. The Bertz CT molecular complexity index is 576. The molecule has 0 unspecified atom stereocenters. The van der Waals surface area contributed by atoms with Gasteiger partial charge >= 0.3 is 12.1 Å². The Morgan fingerprint density at radius 3 is 2.31 bits per heavy atom. The van der Waals surface area contributed by atoms with Gasteiger partial charge in [0.1, 0.15) is 5.60 Å². The average molecular weight is 361 g/mol. The lowest BCUT2D eigenvalue weighted by atomic mass is 9.90. The molecule has 26 heavy (non-hydrogen) atoms. The van der Waals surface area contributed by atoms with Crippen LogP contribution in [-0.4, -0.2) is 48.8 Å². The number of hydrogen-bond donors (Lipinski definition) is 2. The van der Waals surface area contributed by atoms with Crippen LogP contribution in [0.3, 0.4) is 0 Å². The predicted octanol–water partition coefficient (Wildman–Crippen LogP) is 3.18. The first-order valence-electron chi connectivity index (χ1n) is 9.37. The maximum Gasteiger partial charge on any atom is 0.407 e. The molecule has 6 nitrogen and oxygen atoms in total. The lowest BCUT2D eigenvalue weighted by Crippen LogP contribution is -2.46. The van der Waals surface area contributed by atoms with Crippen molar-refractivity contribution in [2.75, 3.05) is 26.2 Å². The number of urea groups is 1. The minimum absolute atomic E-state index is 0.0610. The first-order chi connectivity index (χ1) is 12.3. The topological polar surface area (TPSA) is 70.7 Å². The number of nitrogens with zero attached hydrogens (tertiary/aromatic N) is 1. The number of ether oxygens (including phenoxy) is 1. The Kier molecular flexibility index (Phi) is 7.30. The maximum absolute atomic E-state index is 12.2. The number of nitrogens with one attached hydrogen (secondary N) is 2. The number of benzene rings is 1. The molecule has 1 aliphatic heterocycles. The Morgan fingerprint density at radius 1 is 1.08 bits per heavy atom. The molecule has 6 heteroatoms. The second-order valence-electron chi connectivity index (χ2n) is 7.78. The summed E-state index contributed by atoms with van der Waals surface area (Å²) in [4.78, 5) is 25.6. The summed E-state index contributed by atoms with van der Waals surface area (Å²) >= 11 is 0. The molecule has 0 atom stereocenters. The van der Waals surface area contributed by atoms with Crippen molar-refractivity contribution >= 4 is 12.1 Å². The van der Waals surface area contributed by atoms with Crippen LogP contribution in [0.2, 0.25) is 0 Å². The number of likely N-dealkylation sites (tertiary alicyclic amines) is 1. The second kappa shape index (κ2) is 9.46. The third-order valence-corrected chi connectivity index (χ3v) is 4.34.